The van der Waals surface area contributed by atoms with Gasteiger partial charge in [0.2, 0.25) is 0 Å². The fourth-order valence-corrected chi connectivity index (χ4v) is 4.37. The van der Waals surface area contributed by atoms with E-state index in [1.807, 2.05) is 11.8 Å². The van der Waals surface area contributed by atoms with Crippen LogP contribution < -0.4 is 5.32 Å². The minimum atomic E-state index is 0.423. The number of hydrogen-bond donors (Lipinski definition) is 1. The van der Waals surface area contributed by atoms with Gasteiger partial charge >= 0.3 is 0 Å². The first kappa shape index (κ1) is 14.2. The number of amidine groups is 1. The van der Waals surface area contributed by atoms with E-state index in [1.54, 1.807) is 0 Å². The molecule has 0 aromatic heterocycles. The molecule has 0 amide bonds. The van der Waals surface area contributed by atoms with Gasteiger partial charge in [0.15, 0.2) is 5.17 Å². The van der Waals surface area contributed by atoms with Crippen LogP contribution in [0.2, 0.25) is 0 Å². The van der Waals surface area contributed by atoms with Gasteiger partial charge in [-0.2, -0.15) is 0 Å². The average Bonchev–Trinajstić information content (AvgIpc) is 2.88. The zero-order valence-electron chi connectivity index (χ0n) is 12.2. The van der Waals surface area contributed by atoms with Crippen molar-refractivity contribution in [2.24, 2.45) is 16.3 Å². The second-order valence-electron chi connectivity index (χ2n) is 7.02. The number of thioether (sulfide) groups is 1. The third-order valence-electron chi connectivity index (χ3n) is 3.86. The third-order valence-corrected chi connectivity index (χ3v) is 5.01. The molecule has 1 atom stereocenters. The van der Waals surface area contributed by atoms with Crippen molar-refractivity contribution in [3.8, 4) is 0 Å². The third kappa shape index (κ3) is 4.83. The Labute approximate surface area is 116 Å². The maximum absolute atomic E-state index is 4.63. The first-order chi connectivity index (χ1) is 8.53. The van der Waals surface area contributed by atoms with Crippen LogP contribution in [0.25, 0.3) is 0 Å². The fraction of sp³-hybridized carbons (Fsp3) is 0.933. The predicted molar refractivity (Wildman–Crippen MR) is 82.3 cm³/mol. The van der Waals surface area contributed by atoms with Crippen LogP contribution in [0.15, 0.2) is 4.99 Å². The van der Waals surface area contributed by atoms with Gasteiger partial charge in [0.1, 0.15) is 0 Å². The Balaban J connectivity index is 1.60. The first-order valence-corrected chi connectivity index (χ1v) is 8.36. The normalized spacial score (nSPS) is 25.5. The summed E-state index contributed by atoms with van der Waals surface area (Å²) in [6.07, 6.45) is 8.41. The molecule has 1 N–H and O–H groups in total. The maximum atomic E-state index is 4.63. The monoisotopic (exact) mass is 268 g/mol. The van der Waals surface area contributed by atoms with Gasteiger partial charge in [0, 0.05) is 11.8 Å². The second kappa shape index (κ2) is 6.31. The van der Waals surface area contributed by atoms with Crippen LogP contribution in [-0.4, -0.2) is 23.5 Å². The topological polar surface area (TPSA) is 24.4 Å². The van der Waals surface area contributed by atoms with Crippen LogP contribution in [0, 0.1) is 11.3 Å². The molecule has 3 heteroatoms. The summed E-state index contributed by atoms with van der Waals surface area (Å²) >= 11 is 1.96. The summed E-state index contributed by atoms with van der Waals surface area (Å²) in [4.78, 5) is 4.63. The van der Waals surface area contributed by atoms with Crippen LogP contribution in [0.3, 0.4) is 0 Å². The van der Waals surface area contributed by atoms with Crippen molar-refractivity contribution in [1.29, 1.82) is 0 Å². The zero-order valence-corrected chi connectivity index (χ0v) is 13.0. The lowest BCUT2D eigenvalue weighted by Gasteiger charge is -2.21. The van der Waals surface area contributed by atoms with Crippen LogP contribution >= 0.6 is 11.8 Å². The van der Waals surface area contributed by atoms with E-state index in [9.17, 15) is 0 Å². The molecule has 0 aromatic rings. The quantitative estimate of drug-likeness (QED) is 0.831. The van der Waals surface area contributed by atoms with E-state index in [4.69, 9.17) is 0 Å². The molecule has 1 saturated carbocycles. The molecule has 0 bridgehead atoms. The Morgan fingerprint density at radius 1 is 1.28 bits per heavy atom. The summed E-state index contributed by atoms with van der Waals surface area (Å²) in [5.41, 5.74) is 0.423. The minimum absolute atomic E-state index is 0.423. The summed E-state index contributed by atoms with van der Waals surface area (Å²) in [7, 11) is 0. The zero-order chi connectivity index (χ0) is 13.0. The maximum Gasteiger partial charge on any atom is 0.156 e. The van der Waals surface area contributed by atoms with Gasteiger partial charge in [-0.25, -0.2) is 0 Å². The molecule has 1 unspecified atom stereocenters. The molecule has 1 heterocycles. The second-order valence-corrected chi connectivity index (χ2v) is 8.31. The molecule has 0 saturated heterocycles. The number of nitrogens with zero attached hydrogens (tertiary/aromatic N) is 1. The fourth-order valence-electron chi connectivity index (χ4n) is 2.99. The van der Waals surface area contributed by atoms with Crippen molar-refractivity contribution in [2.45, 2.75) is 64.5 Å². The Morgan fingerprint density at radius 3 is 2.67 bits per heavy atom. The van der Waals surface area contributed by atoms with E-state index >= 15 is 0 Å². The van der Waals surface area contributed by atoms with E-state index in [0.717, 1.165) is 19.0 Å². The van der Waals surface area contributed by atoms with Crippen molar-refractivity contribution in [2.75, 3.05) is 13.1 Å². The van der Waals surface area contributed by atoms with Crippen LogP contribution in [0.5, 0.6) is 0 Å². The molecule has 2 nitrogen and oxygen atoms in total. The minimum Gasteiger partial charge on any atom is -0.365 e. The molecule has 0 spiro atoms. The van der Waals surface area contributed by atoms with Crippen molar-refractivity contribution in [1.82, 2.24) is 5.32 Å². The Kier molecular flexibility index (Phi) is 4.99. The molecule has 1 fully saturated rings. The smallest absolute Gasteiger partial charge is 0.156 e. The van der Waals surface area contributed by atoms with Crippen LogP contribution in [0.1, 0.15) is 59.3 Å². The van der Waals surface area contributed by atoms with E-state index < -0.39 is 0 Å². The van der Waals surface area contributed by atoms with Gasteiger partial charge in [-0.1, -0.05) is 58.2 Å². The van der Waals surface area contributed by atoms with Gasteiger partial charge in [-0.05, 0) is 24.2 Å². The van der Waals surface area contributed by atoms with Gasteiger partial charge in [0.05, 0.1) is 6.54 Å². The summed E-state index contributed by atoms with van der Waals surface area (Å²) in [6.45, 7) is 9.09. The Bertz CT molecular complexity index is 287. The van der Waals surface area contributed by atoms with Crippen molar-refractivity contribution >= 4 is 16.9 Å². The lowest BCUT2D eigenvalue weighted by atomic mass is 9.90. The molecule has 18 heavy (non-hydrogen) atoms. The van der Waals surface area contributed by atoms with Crippen molar-refractivity contribution < 1.29 is 0 Å². The van der Waals surface area contributed by atoms with Crippen LogP contribution in [-0.2, 0) is 0 Å². The largest absolute Gasteiger partial charge is 0.365 e. The lowest BCUT2D eigenvalue weighted by molar-refractivity contribution is 0.375. The summed E-state index contributed by atoms with van der Waals surface area (Å²) in [6, 6.07) is 0. The van der Waals surface area contributed by atoms with Gasteiger partial charge in [-0.15, -0.1) is 0 Å². The number of nitrogens with one attached hydrogen (secondary N) is 1. The molecule has 1 aliphatic carbocycles. The van der Waals surface area contributed by atoms with E-state index in [0.29, 0.717) is 10.7 Å². The summed E-state index contributed by atoms with van der Waals surface area (Å²) in [5, 5.41) is 5.43. The van der Waals surface area contributed by atoms with Crippen molar-refractivity contribution in [3.05, 3.63) is 0 Å². The lowest BCUT2D eigenvalue weighted by Crippen LogP contribution is -2.23. The number of aliphatic imine (C=N–C) groups is 1. The molecule has 0 aromatic carbocycles. The molecule has 2 aliphatic rings. The van der Waals surface area contributed by atoms with Crippen molar-refractivity contribution in [3.63, 3.8) is 0 Å². The molecule has 0 radical (unpaired) electrons. The SMILES string of the molecule is CC(C)(C)CC1CN=C(NCCC2CCCC2)S1. The first-order valence-electron chi connectivity index (χ1n) is 7.48. The highest BCUT2D eigenvalue weighted by Crippen LogP contribution is 2.31. The highest BCUT2D eigenvalue weighted by Gasteiger charge is 2.25. The highest BCUT2D eigenvalue weighted by atomic mass is 32.2. The van der Waals surface area contributed by atoms with Gasteiger partial charge in [0.25, 0.3) is 0 Å². The van der Waals surface area contributed by atoms with E-state index in [1.165, 1.54) is 43.7 Å². The number of rotatable bonds is 4. The summed E-state index contributed by atoms with van der Waals surface area (Å²) in [5.74, 6) is 0.981. The molecule has 2 rings (SSSR count). The van der Waals surface area contributed by atoms with E-state index in [-0.39, 0.29) is 0 Å². The Hall–Kier alpha value is -0.180. The van der Waals surface area contributed by atoms with Gasteiger partial charge in [-0.3, -0.25) is 4.99 Å². The molecule has 104 valence electrons. The number of hydrogen-bond acceptors (Lipinski definition) is 3. The summed E-state index contributed by atoms with van der Waals surface area (Å²) < 4.78 is 0. The van der Waals surface area contributed by atoms with E-state index in [2.05, 4.69) is 31.1 Å². The molecule has 1 aliphatic heterocycles. The Morgan fingerprint density at radius 2 is 2.00 bits per heavy atom. The standard InChI is InChI=1S/C15H28N2S/c1-15(2,3)10-13-11-17-14(18-13)16-9-8-12-6-4-5-7-12/h12-13H,4-11H2,1-3H3,(H,16,17). The highest BCUT2D eigenvalue weighted by molar-refractivity contribution is 8.14. The predicted octanol–water partition coefficient (Wildman–Crippen LogP) is 4.06. The van der Waals surface area contributed by atoms with Gasteiger partial charge < -0.3 is 5.32 Å². The average molecular weight is 268 g/mol. The van der Waals surface area contributed by atoms with Crippen LogP contribution in [0.4, 0.5) is 0 Å². The molecular weight excluding hydrogens is 240 g/mol. The molecular formula is C15H28N2S.